The Morgan fingerprint density at radius 1 is 1.23 bits per heavy atom. The van der Waals surface area contributed by atoms with Gasteiger partial charge in [0.1, 0.15) is 0 Å². The second-order valence-electron chi connectivity index (χ2n) is 3.76. The molecule has 0 aromatic rings. The molecule has 1 saturated carbocycles. The van der Waals surface area contributed by atoms with E-state index in [-0.39, 0.29) is 0 Å². The zero-order chi connectivity index (χ0) is 9.84. The SMILES string of the molecule is C=C/C(C)=C\C=C(/C)C(=C)C1CC1. The van der Waals surface area contributed by atoms with Crippen LogP contribution in [-0.4, -0.2) is 0 Å². The summed E-state index contributed by atoms with van der Waals surface area (Å²) in [6.07, 6.45) is 8.75. The maximum absolute atomic E-state index is 4.10. The van der Waals surface area contributed by atoms with Crippen LogP contribution >= 0.6 is 0 Å². The summed E-state index contributed by atoms with van der Waals surface area (Å²) < 4.78 is 0. The molecule has 1 aliphatic rings. The molecule has 13 heavy (non-hydrogen) atoms. The van der Waals surface area contributed by atoms with Gasteiger partial charge in [0.2, 0.25) is 0 Å². The maximum atomic E-state index is 4.10. The van der Waals surface area contributed by atoms with E-state index >= 15 is 0 Å². The van der Waals surface area contributed by atoms with E-state index in [1.807, 2.05) is 6.08 Å². The van der Waals surface area contributed by atoms with E-state index in [0.29, 0.717) is 0 Å². The molecule has 0 radical (unpaired) electrons. The second kappa shape index (κ2) is 4.27. The Kier molecular flexibility index (Phi) is 3.30. The zero-order valence-corrected chi connectivity index (χ0v) is 8.64. The van der Waals surface area contributed by atoms with Crippen LogP contribution in [0.15, 0.2) is 48.1 Å². The molecule has 1 rings (SSSR count). The van der Waals surface area contributed by atoms with E-state index in [2.05, 4.69) is 39.2 Å². The van der Waals surface area contributed by atoms with E-state index < -0.39 is 0 Å². The summed E-state index contributed by atoms with van der Waals surface area (Å²) in [5, 5.41) is 0. The number of hydrogen-bond donors (Lipinski definition) is 0. The molecule has 0 unspecified atom stereocenters. The molecule has 70 valence electrons. The minimum absolute atomic E-state index is 0.772. The Morgan fingerprint density at radius 3 is 2.31 bits per heavy atom. The normalized spacial score (nSPS) is 18.6. The smallest absolute Gasteiger partial charge is 0.0165 e. The highest BCUT2D eigenvalue weighted by atomic mass is 14.3. The second-order valence-corrected chi connectivity index (χ2v) is 3.76. The van der Waals surface area contributed by atoms with Crippen LogP contribution in [0.3, 0.4) is 0 Å². The number of hydrogen-bond acceptors (Lipinski definition) is 0. The maximum Gasteiger partial charge on any atom is -0.0165 e. The summed E-state index contributed by atoms with van der Waals surface area (Å²) >= 11 is 0. The van der Waals surface area contributed by atoms with Gasteiger partial charge in [0.05, 0.1) is 0 Å². The predicted molar refractivity (Wildman–Crippen MR) is 59.6 cm³/mol. The van der Waals surface area contributed by atoms with Gasteiger partial charge < -0.3 is 0 Å². The Bertz CT molecular complexity index is 272. The molecule has 0 saturated heterocycles. The molecular weight excluding hydrogens is 156 g/mol. The van der Waals surface area contributed by atoms with Gasteiger partial charge in [-0.25, -0.2) is 0 Å². The molecule has 0 nitrogen and oxygen atoms in total. The van der Waals surface area contributed by atoms with Crippen molar-refractivity contribution in [1.29, 1.82) is 0 Å². The van der Waals surface area contributed by atoms with Crippen molar-refractivity contribution >= 4 is 0 Å². The van der Waals surface area contributed by atoms with Crippen LogP contribution < -0.4 is 0 Å². The van der Waals surface area contributed by atoms with E-state index in [4.69, 9.17) is 0 Å². The van der Waals surface area contributed by atoms with E-state index in [9.17, 15) is 0 Å². The van der Waals surface area contributed by atoms with E-state index in [1.165, 1.54) is 29.6 Å². The summed E-state index contributed by atoms with van der Waals surface area (Å²) in [5.41, 5.74) is 3.82. The summed E-state index contributed by atoms with van der Waals surface area (Å²) in [6, 6.07) is 0. The summed E-state index contributed by atoms with van der Waals surface area (Å²) in [5.74, 6) is 0.772. The molecule has 0 atom stereocenters. The highest BCUT2D eigenvalue weighted by Gasteiger charge is 2.24. The molecule has 0 heterocycles. The minimum atomic E-state index is 0.772. The van der Waals surface area contributed by atoms with Crippen LogP contribution in [0.2, 0.25) is 0 Å². The van der Waals surface area contributed by atoms with Crippen LogP contribution in [0.5, 0.6) is 0 Å². The molecule has 0 aliphatic heterocycles. The number of rotatable bonds is 4. The third-order valence-corrected chi connectivity index (χ3v) is 2.49. The summed E-state index contributed by atoms with van der Waals surface area (Å²) in [6.45, 7) is 12.0. The highest BCUT2D eigenvalue weighted by Crippen LogP contribution is 2.38. The van der Waals surface area contributed by atoms with Gasteiger partial charge in [-0.1, -0.05) is 37.0 Å². The first kappa shape index (κ1) is 10.0. The highest BCUT2D eigenvalue weighted by molar-refractivity contribution is 5.35. The fourth-order valence-electron chi connectivity index (χ4n) is 1.19. The lowest BCUT2D eigenvalue weighted by Crippen LogP contribution is -1.84. The molecule has 0 heteroatoms. The lowest BCUT2D eigenvalue weighted by molar-refractivity contribution is 1.02. The van der Waals surface area contributed by atoms with Gasteiger partial charge >= 0.3 is 0 Å². The number of allylic oxidation sites excluding steroid dienone is 6. The van der Waals surface area contributed by atoms with Crippen molar-refractivity contribution in [2.24, 2.45) is 5.92 Å². The molecule has 0 aromatic heterocycles. The molecule has 0 aromatic carbocycles. The summed E-state index contributed by atoms with van der Waals surface area (Å²) in [7, 11) is 0. The molecule has 1 aliphatic carbocycles. The van der Waals surface area contributed by atoms with Gasteiger partial charge in [-0.3, -0.25) is 0 Å². The van der Waals surface area contributed by atoms with Gasteiger partial charge in [-0.15, -0.1) is 0 Å². The van der Waals surface area contributed by atoms with Gasteiger partial charge in [0.25, 0.3) is 0 Å². The molecular formula is C13H18. The van der Waals surface area contributed by atoms with Crippen molar-refractivity contribution in [3.8, 4) is 0 Å². The lowest BCUT2D eigenvalue weighted by Gasteiger charge is -2.01. The van der Waals surface area contributed by atoms with E-state index in [1.54, 1.807) is 0 Å². The van der Waals surface area contributed by atoms with E-state index in [0.717, 1.165) is 5.92 Å². The van der Waals surface area contributed by atoms with Crippen molar-refractivity contribution in [2.75, 3.05) is 0 Å². The average molecular weight is 174 g/mol. The Labute approximate surface area is 81.4 Å². The Balaban J connectivity index is 2.59. The fraction of sp³-hybridized carbons (Fsp3) is 0.385. The van der Waals surface area contributed by atoms with Crippen molar-refractivity contribution in [3.63, 3.8) is 0 Å². The van der Waals surface area contributed by atoms with Crippen LogP contribution in [0.25, 0.3) is 0 Å². The monoisotopic (exact) mass is 174 g/mol. The first-order chi connectivity index (χ1) is 6.15. The van der Waals surface area contributed by atoms with Crippen molar-refractivity contribution < 1.29 is 0 Å². The van der Waals surface area contributed by atoms with Crippen LogP contribution in [0.4, 0.5) is 0 Å². The van der Waals surface area contributed by atoms with Crippen LogP contribution in [-0.2, 0) is 0 Å². The first-order valence-electron chi connectivity index (χ1n) is 4.82. The van der Waals surface area contributed by atoms with Crippen molar-refractivity contribution in [1.82, 2.24) is 0 Å². The molecule has 0 N–H and O–H groups in total. The Morgan fingerprint density at radius 2 is 1.85 bits per heavy atom. The van der Waals surface area contributed by atoms with Gasteiger partial charge in [0, 0.05) is 0 Å². The summed E-state index contributed by atoms with van der Waals surface area (Å²) in [4.78, 5) is 0. The molecule has 1 fully saturated rings. The fourth-order valence-corrected chi connectivity index (χ4v) is 1.19. The average Bonchev–Trinajstić information content (AvgIpc) is 2.95. The quantitative estimate of drug-likeness (QED) is 0.564. The molecule has 0 spiro atoms. The Hall–Kier alpha value is -1.04. The standard InChI is InChI=1S/C13H18/c1-5-10(2)6-7-11(3)12(4)13-8-9-13/h5-7,13H,1,4,8-9H2,2-3H3/b10-6-,11-7+. The topological polar surface area (TPSA) is 0 Å². The lowest BCUT2D eigenvalue weighted by atomic mass is 10.0. The van der Waals surface area contributed by atoms with Crippen molar-refractivity contribution in [3.05, 3.63) is 48.1 Å². The first-order valence-corrected chi connectivity index (χ1v) is 4.82. The van der Waals surface area contributed by atoms with Crippen LogP contribution in [0, 0.1) is 5.92 Å². The predicted octanol–water partition coefficient (Wildman–Crippen LogP) is 4.03. The van der Waals surface area contributed by atoms with Gasteiger partial charge in [-0.05, 0) is 43.8 Å². The van der Waals surface area contributed by atoms with Crippen molar-refractivity contribution in [2.45, 2.75) is 26.7 Å². The van der Waals surface area contributed by atoms with Crippen LogP contribution in [0.1, 0.15) is 26.7 Å². The molecule has 0 bridgehead atoms. The van der Waals surface area contributed by atoms with Gasteiger partial charge in [0.15, 0.2) is 0 Å². The third-order valence-electron chi connectivity index (χ3n) is 2.49. The van der Waals surface area contributed by atoms with Gasteiger partial charge in [-0.2, -0.15) is 0 Å². The largest absolute Gasteiger partial charge is 0.0988 e. The molecule has 0 amide bonds. The zero-order valence-electron chi connectivity index (χ0n) is 8.64. The minimum Gasteiger partial charge on any atom is -0.0988 e. The third kappa shape index (κ3) is 3.06.